The maximum atomic E-state index is 13.5. The average molecular weight is 263 g/mol. The van der Waals surface area contributed by atoms with E-state index < -0.39 is 5.82 Å². The fourth-order valence-corrected chi connectivity index (χ4v) is 1.74. The first-order chi connectivity index (χ1) is 9.11. The van der Waals surface area contributed by atoms with E-state index in [-0.39, 0.29) is 11.7 Å². The van der Waals surface area contributed by atoms with Crippen molar-refractivity contribution in [1.29, 1.82) is 0 Å². The highest BCUT2D eigenvalue weighted by Gasteiger charge is 2.13. The molecule has 1 aromatic heterocycles. The standard InChI is InChI=1S/C13H14FN3O2/c1-17(13(18)10-6-15-16-7-10)8-9-3-4-12(19-2)11(14)5-9/h3-7H,8H2,1-2H3,(H,15,16). The second-order valence-corrected chi connectivity index (χ2v) is 4.12. The first-order valence-electron chi connectivity index (χ1n) is 5.68. The molecular formula is C13H14FN3O2. The Morgan fingerprint density at radius 1 is 1.53 bits per heavy atom. The second-order valence-electron chi connectivity index (χ2n) is 4.12. The van der Waals surface area contributed by atoms with Crippen molar-refractivity contribution >= 4 is 5.91 Å². The number of amides is 1. The third-order valence-electron chi connectivity index (χ3n) is 2.73. The molecule has 1 aromatic carbocycles. The van der Waals surface area contributed by atoms with Crippen LogP contribution in [-0.2, 0) is 6.54 Å². The van der Waals surface area contributed by atoms with Crippen molar-refractivity contribution in [1.82, 2.24) is 15.1 Å². The normalized spacial score (nSPS) is 10.3. The molecule has 0 spiro atoms. The van der Waals surface area contributed by atoms with Crippen LogP contribution in [0.15, 0.2) is 30.6 Å². The van der Waals surface area contributed by atoms with Crippen molar-refractivity contribution in [3.8, 4) is 5.75 Å². The summed E-state index contributed by atoms with van der Waals surface area (Å²) in [6.07, 6.45) is 2.97. The highest BCUT2D eigenvalue weighted by Crippen LogP contribution is 2.18. The molecule has 0 saturated heterocycles. The number of halogens is 1. The number of rotatable bonds is 4. The molecule has 6 heteroatoms. The SMILES string of the molecule is COc1ccc(CN(C)C(=O)c2cn[nH]c2)cc1F. The monoisotopic (exact) mass is 263 g/mol. The molecule has 0 aliphatic heterocycles. The van der Waals surface area contributed by atoms with Crippen LogP contribution in [0, 0.1) is 5.82 Å². The number of hydrogen-bond donors (Lipinski definition) is 1. The van der Waals surface area contributed by atoms with Crippen LogP contribution < -0.4 is 4.74 Å². The van der Waals surface area contributed by atoms with Gasteiger partial charge in [-0.05, 0) is 17.7 Å². The van der Waals surface area contributed by atoms with E-state index in [0.29, 0.717) is 17.7 Å². The lowest BCUT2D eigenvalue weighted by Crippen LogP contribution is -2.25. The summed E-state index contributed by atoms with van der Waals surface area (Å²) in [6, 6.07) is 4.62. The Balaban J connectivity index is 2.08. The molecule has 0 radical (unpaired) electrons. The molecule has 0 saturated carbocycles. The van der Waals surface area contributed by atoms with E-state index in [2.05, 4.69) is 10.2 Å². The Labute approximate surface area is 110 Å². The van der Waals surface area contributed by atoms with E-state index >= 15 is 0 Å². The van der Waals surface area contributed by atoms with Gasteiger partial charge >= 0.3 is 0 Å². The summed E-state index contributed by atoms with van der Waals surface area (Å²) in [5.74, 6) is -0.429. The van der Waals surface area contributed by atoms with E-state index in [1.54, 1.807) is 19.2 Å². The van der Waals surface area contributed by atoms with Crippen LogP contribution in [0.1, 0.15) is 15.9 Å². The van der Waals surface area contributed by atoms with Gasteiger partial charge in [-0.1, -0.05) is 6.07 Å². The van der Waals surface area contributed by atoms with E-state index in [1.165, 1.54) is 30.5 Å². The minimum atomic E-state index is -0.441. The summed E-state index contributed by atoms with van der Waals surface area (Å²) >= 11 is 0. The molecule has 0 atom stereocenters. The molecule has 2 aromatic rings. The Bertz CT molecular complexity index is 569. The predicted octanol–water partition coefficient (Wildman–Crippen LogP) is 1.83. The predicted molar refractivity (Wildman–Crippen MR) is 67.3 cm³/mol. The summed E-state index contributed by atoms with van der Waals surface area (Å²) in [5.41, 5.74) is 1.16. The van der Waals surface area contributed by atoms with Crippen molar-refractivity contribution < 1.29 is 13.9 Å². The molecule has 1 amide bonds. The highest BCUT2D eigenvalue weighted by atomic mass is 19.1. The third-order valence-corrected chi connectivity index (χ3v) is 2.73. The number of aromatic amines is 1. The molecule has 0 aliphatic rings. The lowest BCUT2D eigenvalue weighted by Gasteiger charge is -2.16. The zero-order valence-electron chi connectivity index (χ0n) is 10.7. The Kier molecular flexibility index (Phi) is 3.79. The van der Waals surface area contributed by atoms with Gasteiger partial charge < -0.3 is 9.64 Å². The lowest BCUT2D eigenvalue weighted by molar-refractivity contribution is 0.0785. The summed E-state index contributed by atoms with van der Waals surface area (Å²) in [7, 11) is 3.06. The van der Waals surface area contributed by atoms with Gasteiger partial charge in [0.1, 0.15) is 0 Å². The topological polar surface area (TPSA) is 58.2 Å². The van der Waals surface area contributed by atoms with Gasteiger partial charge in [-0.3, -0.25) is 9.89 Å². The van der Waals surface area contributed by atoms with Crippen molar-refractivity contribution in [2.45, 2.75) is 6.54 Å². The second kappa shape index (κ2) is 5.51. The van der Waals surface area contributed by atoms with Crippen molar-refractivity contribution in [3.05, 3.63) is 47.5 Å². The molecule has 2 rings (SSSR count). The highest BCUT2D eigenvalue weighted by molar-refractivity contribution is 5.93. The van der Waals surface area contributed by atoms with Gasteiger partial charge in [-0.2, -0.15) is 5.10 Å². The van der Waals surface area contributed by atoms with Gasteiger partial charge in [0.2, 0.25) is 0 Å². The number of aromatic nitrogens is 2. The molecule has 19 heavy (non-hydrogen) atoms. The lowest BCUT2D eigenvalue weighted by atomic mass is 10.2. The minimum absolute atomic E-state index is 0.176. The van der Waals surface area contributed by atoms with E-state index in [9.17, 15) is 9.18 Å². The van der Waals surface area contributed by atoms with Crippen molar-refractivity contribution in [2.75, 3.05) is 14.2 Å². The zero-order valence-corrected chi connectivity index (χ0v) is 10.7. The molecule has 0 unspecified atom stereocenters. The van der Waals surface area contributed by atoms with E-state index in [1.807, 2.05) is 0 Å². The average Bonchev–Trinajstić information content (AvgIpc) is 2.92. The molecule has 0 fully saturated rings. The quantitative estimate of drug-likeness (QED) is 0.915. The van der Waals surface area contributed by atoms with Gasteiger partial charge in [0.15, 0.2) is 11.6 Å². The molecule has 100 valence electrons. The van der Waals surface area contributed by atoms with Crippen LogP contribution in [0.5, 0.6) is 5.75 Å². The molecule has 0 bridgehead atoms. The Morgan fingerprint density at radius 2 is 2.32 bits per heavy atom. The summed E-state index contributed by atoms with van der Waals surface area (Å²) in [6.45, 7) is 0.310. The van der Waals surface area contributed by atoms with Crippen LogP contribution in [0.3, 0.4) is 0 Å². The number of nitrogens with one attached hydrogen (secondary N) is 1. The van der Waals surface area contributed by atoms with Crippen molar-refractivity contribution in [2.24, 2.45) is 0 Å². The fraction of sp³-hybridized carbons (Fsp3) is 0.231. The molecule has 0 aliphatic carbocycles. The van der Waals surface area contributed by atoms with Crippen LogP contribution >= 0.6 is 0 Å². The Morgan fingerprint density at radius 3 is 2.89 bits per heavy atom. The number of hydrogen-bond acceptors (Lipinski definition) is 3. The first-order valence-corrected chi connectivity index (χ1v) is 5.68. The maximum absolute atomic E-state index is 13.5. The summed E-state index contributed by atoms with van der Waals surface area (Å²) in [4.78, 5) is 13.5. The third kappa shape index (κ3) is 2.90. The summed E-state index contributed by atoms with van der Waals surface area (Å²) in [5, 5.41) is 6.30. The largest absolute Gasteiger partial charge is 0.494 e. The Hall–Kier alpha value is -2.37. The van der Waals surface area contributed by atoms with Gasteiger partial charge in [-0.25, -0.2) is 4.39 Å². The van der Waals surface area contributed by atoms with Crippen LogP contribution in [-0.4, -0.2) is 35.2 Å². The number of H-pyrrole nitrogens is 1. The number of nitrogens with zero attached hydrogens (tertiary/aromatic N) is 2. The van der Waals surface area contributed by atoms with Gasteiger partial charge in [0, 0.05) is 19.8 Å². The maximum Gasteiger partial charge on any atom is 0.257 e. The fourth-order valence-electron chi connectivity index (χ4n) is 1.74. The van der Waals surface area contributed by atoms with Gasteiger partial charge in [0.05, 0.1) is 18.9 Å². The van der Waals surface area contributed by atoms with Crippen LogP contribution in [0.2, 0.25) is 0 Å². The molecule has 1 N–H and O–H groups in total. The number of carbonyl (C=O) groups excluding carboxylic acids is 1. The zero-order chi connectivity index (χ0) is 13.8. The van der Waals surface area contributed by atoms with Crippen LogP contribution in [0.25, 0.3) is 0 Å². The number of methoxy groups -OCH3 is 1. The minimum Gasteiger partial charge on any atom is -0.494 e. The first kappa shape index (κ1) is 13.1. The van der Waals surface area contributed by atoms with Crippen molar-refractivity contribution in [3.63, 3.8) is 0 Å². The number of carbonyl (C=O) groups is 1. The summed E-state index contributed by atoms with van der Waals surface area (Å²) < 4.78 is 18.4. The van der Waals surface area contributed by atoms with Gasteiger partial charge in [-0.15, -0.1) is 0 Å². The molecular weight excluding hydrogens is 249 g/mol. The smallest absolute Gasteiger partial charge is 0.257 e. The number of ether oxygens (including phenoxy) is 1. The molecule has 1 heterocycles. The number of benzene rings is 1. The van der Waals surface area contributed by atoms with Gasteiger partial charge in [0.25, 0.3) is 5.91 Å². The van der Waals surface area contributed by atoms with E-state index in [0.717, 1.165) is 0 Å². The molecule has 5 nitrogen and oxygen atoms in total. The van der Waals surface area contributed by atoms with Crippen LogP contribution in [0.4, 0.5) is 4.39 Å². The van der Waals surface area contributed by atoms with E-state index in [4.69, 9.17) is 4.74 Å².